The highest BCUT2D eigenvalue weighted by atomic mass is 16.6. The molecule has 2 aliphatic heterocycles. The number of rotatable bonds is 9. The number of nitrogens with zero attached hydrogens (tertiary/aromatic N) is 4. The Morgan fingerprint density at radius 3 is 1.25 bits per heavy atom. The van der Waals surface area contributed by atoms with E-state index in [0.717, 1.165) is 0 Å². The van der Waals surface area contributed by atoms with Crippen molar-refractivity contribution in [2.24, 2.45) is 0 Å². The minimum Gasteiger partial charge on any atom is -0.480 e. The van der Waals surface area contributed by atoms with E-state index in [2.05, 4.69) is 5.32 Å². The second-order valence-corrected chi connectivity index (χ2v) is 15.5. The van der Waals surface area contributed by atoms with E-state index in [0.29, 0.717) is 52.4 Å². The first-order chi connectivity index (χ1) is 22.0. The number of carbonyl (C=O) groups excluding carboxylic acids is 4. The third-order valence-corrected chi connectivity index (χ3v) is 7.48. The number of ether oxygens (including phenoxy) is 4. The van der Waals surface area contributed by atoms with Crippen molar-refractivity contribution in [2.45, 2.75) is 104 Å². The number of hydrogen-bond acceptors (Lipinski definition) is 14. The summed E-state index contributed by atoms with van der Waals surface area (Å²) in [6.45, 7) is 21.0. The van der Waals surface area contributed by atoms with Gasteiger partial charge in [-0.25, -0.2) is 0 Å². The summed E-state index contributed by atoms with van der Waals surface area (Å²) in [6, 6.07) is -1.56. The maximum absolute atomic E-state index is 12.9. The molecule has 0 aliphatic carbocycles. The number of carbonyl (C=O) groups is 5. The van der Waals surface area contributed by atoms with Gasteiger partial charge >= 0.3 is 29.8 Å². The van der Waals surface area contributed by atoms with Crippen LogP contribution in [0.5, 0.6) is 0 Å². The maximum Gasteiger partial charge on any atom is 0.324 e. The molecule has 0 unspecified atom stereocenters. The van der Waals surface area contributed by atoms with Crippen LogP contribution in [0.4, 0.5) is 0 Å². The minimum atomic E-state index is -1.12. The van der Waals surface area contributed by atoms with Gasteiger partial charge in [0.1, 0.15) is 28.9 Å². The summed E-state index contributed by atoms with van der Waals surface area (Å²) < 4.78 is 22.4. The van der Waals surface area contributed by atoms with Crippen molar-refractivity contribution >= 4 is 29.8 Å². The van der Waals surface area contributed by atoms with Gasteiger partial charge in [-0.3, -0.25) is 48.9 Å². The van der Waals surface area contributed by atoms with Crippen LogP contribution in [-0.4, -0.2) is 168 Å². The first kappa shape index (κ1) is 41.3. The summed E-state index contributed by atoms with van der Waals surface area (Å²) in [6.07, 6.45) is -0.948. The molecule has 0 saturated carbocycles. The van der Waals surface area contributed by atoms with Crippen molar-refractivity contribution in [2.75, 3.05) is 78.5 Å². The van der Waals surface area contributed by atoms with Gasteiger partial charge in [-0.05, 0) is 62.3 Å². The van der Waals surface area contributed by atoms with Crippen LogP contribution in [0.25, 0.3) is 0 Å². The fourth-order valence-electron chi connectivity index (χ4n) is 5.63. The zero-order valence-electron chi connectivity index (χ0n) is 30.6. The lowest BCUT2D eigenvalue weighted by atomic mass is 10.1. The SMILES string of the molecule is CC(=O)O[C@@H]1[C@@H](C(=O)O)NC[C@H]1N1CCN(CC(=O)OC(C)(C)C)CCN(CC(=O)OC(C)(C)C)CCN(CC(=O)OC(C)(C)C)CC1. The molecule has 3 atom stereocenters. The van der Waals surface area contributed by atoms with E-state index in [1.165, 1.54) is 6.92 Å². The first-order valence-corrected chi connectivity index (χ1v) is 16.7. The predicted molar refractivity (Wildman–Crippen MR) is 177 cm³/mol. The van der Waals surface area contributed by atoms with E-state index in [9.17, 15) is 29.1 Å². The van der Waals surface area contributed by atoms with E-state index in [-0.39, 0.29) is 32.1 Å². The molecule has 0 aromatic carbocycles. The minimum absolute atomic E-state index is 0.00417. The van der Waals surface area contributed by atoms with Gasteiger partial charge in [-0.2, -0.15) is 0 Å². The lowest BCUT2D eigenvalue weighted by Gasteiger charge is -2.37. The highest BCUT2D eigenvalue weighted by molar-refractivity contribution is 5.76. The monoisotopic (exact) mass is 685 g/mol. The van der Waals surface area contributed by atoms with Crippen LogP contribution in [0.3, 0.4) is 0 Å². The van der Waals surface area contributed by atoms with Crippen molar-refractivity contribution in [3.8, 4) is 0 Å². The van der Waals surface area contributed by atoms with Crippen LogP contribution in [0.2, 0.25) is 0 Å². The van der Waals surface area contributed by atoms with Crippen LogP contribution in [0.15, 0.2) is 0 Å². The molecule has 0 aromatic heterocycles. The molecule has 276 valence electrons. The van der Waals surface area contributed by atoms with Crippen molar-refractivity contribution in [1.82, 2.24) is 24.9 Å². The predicted octanol–water partition coefficient (Wildman–Crippen LogP) is 0.590. The number of aliphatic carboxylic acids is 1. The Labute approximate surface area is 285 Å². The number of hydrogen-bond donors (Lipinski definition) is 2. The topological polar surface area (TPSA) is 167 Å². The summed E-state index contributed by atoms with van der Waals surface area (Å²) in [5.41, 5.74) is -2.00. The molecule has 2 N–H and O–H groups in total. The average molecular weight is 686 g/mol. The number of esters is 4. The molecule has 15 heteroatoms. The van der Waals surface area contributed by atoms with Crippen LogP contribution in [0, 0.1) is 0 Å². The molecule has 0 spiro atoms. The lowest BCUT2D eigenvalue weighted by Crippen LogP contribution is -2.54. The molecule has 2 aliphatic rings. The van der Waals surface area contributed by atoms with Gasteiger partial charge < -0.3 is 24.1 Å². The molecule has 2 heterocycles. The molecular weight excluding hydrogens is 626 g/mol. The van der Waals surface area contributed by atoms with E-state index >= 15 is 0 Å². The van der Waals surface area contributed by atoms with Gasteiger partial charge in [0.15, 0.2) is 0 Å². The maximum atomic E-state index is 12.9. The Balaban J connectivity index is 2.41. The largest absolute Gasteiger partial charge is 0.480 e. The number of carboxylic acid groups (broad SMARTS) is 1. The zero-order valence-corrected chi connectivity index (χ0v) is 30.6. The van der Waals surface area contributed by atoms with Crippen molar-refractivity contribution in [3.05, 3.63) is 0 Å². The molecule has 2 fully saturated rings. The normalized spacial score (nSPS) is 23.4. The van der Waals surface area contributed by atoms with Gasteiger partial charge in [0, 0.05) is 65.8 Å². The van der Waals surface area contributed by atoms with Crippen LogP contribution in [0.1, 0.15) is 69.2 Å². The zero-order chi connectivity index (χ0) is 36.4. The highest BCUT2D eigenvalue weighted by Gasteiger charge is 2.45. The summed E-state index contributed by atoms with van der Waals surface area (Å²) in [5.74, 6) is -2.88. The lowest BCUT2D eigenvalue weighted by molar-refractivity contribution is -0.159. The van der Waals surface area contributed by atoms with Gasteiger partial charge in [-0.15, -0.1) is 0 Å². The van der Waals surface area contributed by atoms with E-state index in [1.807, 2.05) is 40.4 Å². The number of nitrogens with one attached hydrogen (secondary N) is 1. The third kappa shape index (κ3) is 16.0. The smallest absolute Gasteiger partial charge is 0.324 e. The van der Waals surface area contributed by atoms with Crippen LogP contribution in [-0.2, 0) is 42.9 Å². The van der Waals surface area contributed by atoms with Gasteiger partial charge in [0.05, 0.1) is 25.7 Å². The molecule has 0 amide bonds. The van der Waals surface area contributed by atoms with Crippen molar-refractivity contribution < 1.29 is 48.0 Å². The second kappa shape index (κ2) is 17.7. The van der Waals surface area contributed by atoms with Crippen molar-refractivity contribution in [3.63, 3.8) is 0 Å². The molecule has 2 rings (SSSR count). The molecule has 48 heavy (non-hydrogen) atoms. The van der Waals surface area contributed by atoms with E-state index in [1.54, 1.807) is 41.5 Å². The van der Waals surface area contributed by atoms with Gasteiger partial charge in [-0.1, -0.05) is 0 Å². The van der Waals surface area contributed by atoms with Gasteiger partial charge in [0.2, 0.25) is 0 Å². The summed E-state index contributed by atoms with van der Waals surface area (Å²) in [5, 5.41) is 12.8. The fraction of sp³-hybridized carbons (Fsp3) is 0.848. The van der Waals surface area contributed by atoms with Crippen LogP contribution < -0.4 is 5.32 Å². The first-order valence-electron chi connectivity index (χ1n) is 16.7. The molecule has 15 nitrogen and oxygen atoms in total. The Bertz CT molecular complexity index is 1070. The standard InChI is InChI=1S/C33H59N5O10/c1-23(39)45-29-24(19-34-28(29)30(43)44)38-17-15-36(21-26(41)47-32(5,6)7)13-11-35(20-25(40)46-31(2,3)4)12-14-37(16-18-38)22-27(42)48-33(8,9)10/h24,28-29,34H,11-22H2,1-10H3,(H,43,44)/t24-,28+,29+/m1/s1. The molecular formula is C33H59N5O10. The Kier molecular flexibility index (Phi) is 15.2. The molecule has 0 bridgehead atoms. The second-order valence-electron chi connectivity index (χ2n) is 15.5. The Morgan fingerprint density at radius 1 is 0.625 bits per heavy atom. The molecule has 0 aromatic rings. The van der Waals surface area contributed by atoms with Crippen molar-refractivity contribution in [1.29, 1.82) is 0 Å². The summed E-state index contributed by atoms with van der Waals surface area (Å²) in [4.78, 5) is 70.8. The summed E-state index contributed by atoms with van der Waals surface area (Å²) in [7, 11) is 0. The molecule has 0 radical (unpaired) electrons. The number of carboxylic acids is 1. The van der Waals surface area contributed by atoms with E-state index < -0.39 is 58.9 Å². The van der Waals surface area contributed by atoms with Crippen LogP contribution >= 0.6 is 0 Å². The molecule has 2 saturated heterocycles. The Morgan fingerprint density at radius 2 is 0.958 bits per heavy atom. The average Bonchev–Trinajstić information content (AvgIpc) is 3.28. The third-order valence-electron chi connectivity index (χ3n) is 7.48. The Hall–Kier alpha value is -2.85. The quantitative estimate of drug-likeness (QED) is 0.256. The van der Waals surface area contributed by atoms with Gasteiger partial charge in [0.25, 0.3) is 0 Å². The fourth-order valence-corrected chi connectivity index (χ4v) is 5.63. The summed E-state index contributed by atoms with van der Waals surface area (Å²) >= 11 is 0. The van der Waals surface area contributed by atoms with E-state index in [4.69, 9.17) is 18.9 Å². The highest BCUT2D eigenvalue weighted by Crippen LogP contribution is 2.20.